The average Bonchev–Trinajstić information content (AvgIpc) is 2.26. The fraction of sp³-hybridized carbons (Fsp3) is 0.667. The summed E-state index contributed by atoms with van der Waals surface area (Å²) in [5, 5.41) is 0. The first-order chi connectivity index (χ1) is 8.41. The number of hydrogen-bond acceptors (Lipinski definition) is 3. The van der Waals surface area contributed by atoms with Crippen LogP contribution in [0.4, 0.5) is 5.82 Å². The highest BCUT2D eigenvalue weighted by Gasteiger charge is 2.16. The summed E-state index contributed by atoms with van der Waals surface area (Å²) in [7, 11) is 0. The molecule has 1 aromatic heterocycles. The van der Waals surface area contributed by atoms with Crippen molar-refractivity contribution in [2.75, 3.05) is 18.0 Å². The Balaban J connectivity index is 3.03. The van der Waals surface area contributed by atoms with Gasteiger partial charge in [-0.05, 0) is 24.8 Å². The quantitative estimate of drug-likeness (QED) is 0.841. The van der Waals surface area contributed by atoms with E-state index in [9.17, 15) is 0 Å². The van der Waals surface area contributed by atoms with Crippen molar-refractivity contribution in [1.82, 2.24) is 4.98 Å². The molecule has 0 radical (unpaired) electrons. The molecule has 0 saturated carbocycles. The molecule has 1 unspecified atom stereocenters. The molecule has 0 aliphatic heterocycles. The molecule has 3 heteroatoms. The van der Waals surface area contributed by atoms with Crippen LogP contribution in [0.1, 0.15) is 46.2 Å². The van der Waals surface area contributed by atoms with Crippen LogP contribution in [0.15, 0.2) is 18.3 Å². The number of nitrogens with two attached hydrogens (primary N) is 1. The molecule has 0 spiro atoms. The number of rotatable bonds is 6. The van der Waals surface area contributed by atoms with Crippen LogP contribution in [-0.2, 0) is 0 Å². The van der Waals surface area contributed by atoms with Gasteiger partial charge in [0.05, 0.1) is 0 Å². The van der Waals surface area contributed by atoms with E-state index in [0.717, 1.165) is 24.5 Å². The lowest BCUT2D eigenvalue weighted by atomic mass is 10.1. The van der Waals surface area contributed by atoms with Crippen LogP contribution in [0.3, 0.4) is 0 Å². The summed E-state index contributed by atoms with van der Waals surface area (Å²) < 4.78 is 0. The molecule has 0 amide bonds. The molecule has 0 fully saturated rings. The molecule has 0 aromatic carbocycles. The highest BCUT2D eigenvalue weighted by Crippen LogP contribution is 2.24. The summed E-state index contributed by atoms with van der Waals surface area (Å²) in [5.41, 5.74) is 7.19. The largest absolute Gasteiger partial charge is 0.356 e. The van der Waals surface area contributed by atoms with Crippen LogP contribution in [-0.4, -0.2) is 18.1 Å². The topological polar surface area (TPSA) is 42.2 Å². The lowest BCUT2D eigenvalue weighted by molar-refractivity contribution is 0.546. The monoisotopic (exact) mass is 249 g/mol. The van der Waals surface area contributed by atoms with Gasteiger partial charge in [-0.15, -0.1) is 0 Å². The first-order valence-corrected chi connectivity index (χ1v) is 6.87. The van der Waals surface area contributed by atoms with E-state index in [0.29, 0.717) is 11.8 Å². The SMILES string of the molecule is CC(C)CN(CC(C)C)c1ncccc1C(C)N. The van der Waals surface area contributed by atoms with E-state index in [1.54, 1.807) is 0 Å². The maximum atomic E-state index is 6.05. The Bertz CT molecular complexity index is 349. The maximum Gasteiger partial charge on any atom is 0.133 e. The summed E-state index contributed by atoms with van der Waals surface area (Å²) in [6, 6.07) is 4.07. The standard InChI is InChI=1S/C15H27N3/c1-11(2)9-18(10-12(3)4)15-14(13(5)16)7-6-8-17-15/h6-8,11-13H,9-10,16H2,1-5H3. The van der Waals surface area contributed by atoms with E-state index < -0.39 is 0 Å². The zero-order chi connectivity index (χ0) is 13.7. The predicted molar refractivity (Wildman–Crippen MR) is 78.7 cm³/mol. The highest BCUT2D eigenvalue weighted by atomic mass is 15.2. The number of hydrogen-bond donors (Lipinski definition) is 1. The van der Waals surface area contributed by atoms with Crippen molar-refractivity contribution in [3.63, 3.8) is 0 Å². The minimum atomic E-state index is 0.0236. The van der Waals surface area contributed by atoms with E-state index in [1.807, 2.05) is 19.2 Å². The van der Waals surface area contributed by atoms with Gasteiger partial charge in [-0.2, -0.15) is 0 Å². The van der Waals surface area contributed by atoms with Gasteiger partial charge in [-0.1, -0.05) is 33.8 Å². The molecule has 0 saturated heterocycles. The second-order valence-electron chi connectivity index (χ2n) is 5.90. The molecule has 1 atom stereocenters. The van der Waals surface area contributed by atoms with Gasteiger partial charge in [0.1, 0.15) is 5.82 Å². The fourth-order valence-corrected chi connectivity index (χ4v) is 2.16. The Morgan fingerprint density at radius 2 is 1.67 bits per heavy atom. The molecule has 0 aliphatic rings. The van der Waals surface area contributed by atoms with Gasteiger partial charge in [0.2, 0.25) is 0 Å². The molecule has 18 heavy (non-hydrogen) atoms. The zero-order valence-corrected chi connectivity index (χ0v) is 12.4. The smallest absolute Gasteiger partial charge is 0.133 e. The molecular weight excluding hydrogens is 222 g/mol. The van der Waals surface area contributed by atoms with Crippen LogP contribution in [0, 0.1) is 11.8 Å². The van der Waals surface area contributed by atoms with Crippen LogP contribution in [0.2, 0.25) is 0 Å². The van der Waals surface area contributed by atoms with Crippen LogP contribution < -0.4 is 10.6 Å². The zero-order valence-electron chi connectivity index (χ0n) is 12.4. The van der Waals surface area contributed by atoms with Gasteiger partial charge in [0, 0.05) is 30.9 Å². The molecule has 3 nitrogen and oxygen atoms in total. The van der Waals surface area contributed by atoms with E-state index in [-0.39, 0.29) is 6.04 Å². The third kappa shape index (κ3) is 4.30. The van der Waals surface area contributed by atoms with Crippen LogP contribution >= 0.6 is 0 Å². The van der Waals surface area contributed by atoms with Crippen molar-refractivity contribution in [1.29, 1.82) is 0 Å². The summed E-state index contributed by atoms with van der Waals surface area (Å²) in [4.78, 5) is 6.92. The summed E-state index contributed by atoms with van der Waals surface area (Å²) in [5.74, 6) is 2.29. The molecule has 1 aromatic rings. The summed E-state index contributed by atoms with van der Waals surface area (Å²) in [6.45, 7) is 13.0. The Labute approximate surface area is 111 Å². The molecule has 2 N–H and O–H groups in total. The Morgan fingerprint density at radius 1 is 1.11 bits per heavy atom. The summed E-state index contributed by atoms with van der Waals surface area (Å²) in [6.07, 6.45) is 1.86. The second kappa shape index (κ2) is 6.74. The molecule has 0 aliphatic carbocycles. The Kier molecular flexibility index (Phi) is 5.60. The number of aromatic nitrogens is 1. The van der Waals surface area contributed by atoms with Crippen molar-refractivity contribution in [3.05, 3.63) is 23.9 Å². The molecule has 102 valence electrons. The van der Waals surface area contributed by atoms with Crippen molar-refractivity contribution in [3.8, 4) is 0 Å². The number of nitrogens with zero attached hydrogens (tertiary/aromatic N) is 2. The highest BCUT2D eigenvalue weighted by molar-refractivity contribution is 5.48. The fourth-order valence-electron chi connectivity index (χ4n) is 2.16. The van der Waals surface area contributed by atoms with Crippen molar-refractivity contribution in [2.45, 2.75) is 40.7 Å². The third-order valence-electron chi connectivity index (χ3n) is 2.78. The van der Waals surface area contributed by atoms with Crippen molar-refractivity contribution < 1.29 is 0 Å². The average molecular weight is 249 g/mol. The van der Waals surface area contributed by atoms with E-state index >= 15 is 0 Å². The van der Waals surface area contributed by atoms with Crippen molar-refractivity contribution >= 4 is 5.82 Å². The third-order valence-corrected chi connectivity index (χ3v) is 2.78. The Morgan fingerprint density at radius 3 is 2.11 bits per heavy atom. The summed E-state index contributed by atoms with van der Waals surface area (Å²) >= 11 is 0. The van der Waals surface area contributed by atoms with Gasteiger partial charge in [0.15, 0.2) is 0 Å². The minimum Gasteiger partial charge on any atom is -0.356 e. The first kappa shape index (κ1) is 15.0. The maximum absolute atomic E-state index is 6.05. The molecule has 1 rings (SSSR count). The van der Waals surface area contributed by atoms with E-state index in [1.165, 1.54) is 0 Å². The van der Waals surface area contributed by atoms with Crippen molar-refractivity contribution in [2.24, 2.45) is 17.6 Å². The van der Waals surface area contributed by atoms with Crippen LogP contribution in [0.5, 0.6) is 0 Å². The minimum absolute atomic E-state index is 0.0236. The van der Waals surface area contributed by atoms with Gasteiger partial charge in [0.25, 0.3) is 0 Å². The lowest BCUT2D eigenvalue weighted by Crippen LogP contribution is -2.33. The first-order valence-electron chi connectivity index (χ1n) is 6.87. The van der Waals surface area contributed by atoms with E-state index in [2.05, 4.69) is 43.6 Å². The van der Waals surface area contributed by atoms with Crippen LogP contribution in [0.25, 0.3) is 0 Å². The molecule has 1 heterocycles. The van der Waals surface area contributed by atoms with Gasteiger partial charge >= 0.3 is 0 Å². The normalized spacial score (nSPS) is 13.1. The number of anilines is 1. The Hall–Kier alpha value is -1.09. The van der Waals surface area contributed by atoms with E-state index in [4.69, 9.17) is 5.73 Å². The van der Waals surface area contributed by atoms with Gasteiger partial charge in [-0.3, -0.25) is 0 Å². The molecule has 0 bridgehead atoms. The van der Waals surface area contributed by atoms with Gasteiger partial charge < -0.3 is 10.6 Å². The number of pyridine rings is 1. The van der Waals surface area contributed by atoms with Gasteiger partial charge in [-0.25, -0.2) is 4.98 Å². The predicted octanol–water partition coefficient (Wildman–Crippen LogP) is 3.22. The molecular formula is C15H27N3. The lowest BCUT2D eigenvalue weighted by Gasteiger charge is -2.29. The second-order valence-corrected chi connectivity index (χ2v) is 5.90.